The van der Waals surface area contributed by atoms with E-state index in [0.717, 1.165) is 5.56 Å². The average molecular weight is 443 g/mol. The van der Waals surface area contributed by atoms with Crippen LogP contribution in [0.2, 0.25) is 0 Å². The van der Waals surface area contributed by atoms with Crippen molar-refractivity contribution in [2.45, 2.75) is 37.6 Å². The van der Waals surface area contributed by atoms with Crippen LogP contribution in [0.15, 0.2) is 57.9 Å². The highest BCUT2D eigenvalue weighted by molar-refractivity contribution is 7.89. The minimum Gasteiger partial charge on any atom is -0.337 e. The molecule has 0 bridgehead atoms. The average Bonchev–Trinajstić information content (AvgIpc) is 3.21. The lowest BCUT2D eigenvalue weighted by Gasteiger charge is -2.18. The van der Waals surface area contributed by atoms with Crippen molar-refractivity contribution >= 4 is 15.9 Å². The summed E-state index contributed by atoms with van der Waals surface area (Å²) in [5, 5.41) is 4.01. The molecule has 0 aliphatic carbocycles. The fourth-order valence-electron chi connectivity index (χ4n) is 2.96. The summed E-state index contributed by atoms with van der Waals surface area (Å²) < 4.78 is 31.5. The second-order valence-electron chi connectivity index (χ2n) is 8.24. The summed E-state index contributed by atoms with van der Waals surface area (Å²) in [6.45, 7) is 6.52. The normalized spacial score (nSPS) is 12.0. The molecular formula is C22H26N4O4S. The van der Waals surface area contributed by atoms with E-state index in [9.17, 15) is 13.2 Å². The van der Waals surface area contributed by atoms with Crippen LogP contribution in [0.5, 0.6) is 0 Å². The monoisotopic (exact) mass is 442 g/mol. The molecule has 0 saturated heterocycles. The minimum absolute atomic E-state index is 0.0213. The molecule has 1 heterocycles. The Morgan fingerprint density at radius 2 is 1.81 bits per heavy atom. The van der Waals surface area contributed by atoms with E-state index < -0.39 is 10.0 Å². The Labute approximate surface area is 182 Å². The largest absolute Gasteiger partial charge is 0.337 e. The molecule has 1 amide bonds. The SMILES string of the molecule is CNS(=O)(=O)c1cccc(C(=O)N(C)Cc2nc(-c3ccc(C(C)(C)C)cc3)no2)c1. The molecule has 0 unspecified atom stereocenters. The molecule has 3 rings (SSSR count). The number of sulfonamides is 1. The van der Waals surface area contributed by atoms with Gasteiger partial charge < -0.3 is 9.42 Å². The van der Waals surface area contributed by atoms with Gasteiger partial charge in [0.15, 0.2) is 0 Å². The Morgan fingerprint density at radius 1 is 1.13 bits per heavy atom. The molecule has 0 fully saturated rings. The lowest BCUT2D eigenvalue weighted by molar-refractivity contribution is 0.0769. The van der Waals surface area contributed by atoms with E-state index in [-0.39, 0.29) is 34.2 Å². The van der Waals surface area contributed by atoms with E-state index in [2.05, 4.69) is 35.6 Å². The van der Waals surface area contributed by atoms with Crippen LogP contribution in [0.4, 0.5) is 0 Å². The fraction of sp³-hybridized carbons (Fsp3) is 0.318. The van der Waals surface area contributed by atoms with Gasteiger partial charge in [0.1, 0.15) is 0 Å². The molecule has 164 valence electrons. The molecule has 1 aromatic heterocycles. The van der Waals surface area contributed by atoms with Crippen molar-refractivity contribution in [2.75, 3.05) is 14.1 Å². The number of nitrogens with one attached hydrogen (secondary N) is 1. The maximum atomic E-state index is 12.7. The van der Waals surface area contributed by atoms with E-state index in [4.69, 9.17) is 4.52 Å². The summed E-state index contributed by atoms with van der Waals surface area (Å²) in [6, 6.07) is 13.8. The molecule has 0 atom stereocenters. The molecule has 0 spiro atoms. The summed E-state index contributed by atoms with van der Waals surface area (Å²) >= 11 is 0. The Bertz CT molecular complexity index is 1180. The van der Waals surface area contributed by atoms with E-state index >= 15 is 0 Å². The van der Waals surface area contributed by atoms with Crippen LogP contribution in [-0.4, -0.2) is 43.5 Å². The van der Waals surface area contributed by atoms with Gasteiger partial charge in [-0.15, -0.1) is 0 Å². The minimum atomic E-state index is -3.64. The third-order valence-electron chi connectivity index (χ3n) is 4.86. The first-order valence-corrected chi connectivity index (χ1v) is 11.2. The molecule has 1 N–H and O–H groups in total. The first-order valence-electron chi connectivity index (χ1n) is 9.74. The van der Waals surface area contributed by atoms with Crippen molar-refractivity contribution in [1.82, 2.24) is 19.8 Å². The van der Waals surface area contributed by atoms with Crippen molar-refractivity contribution in [3.8, 4) is 11.4 Å². The van der Waals surface area contributed by atoms with Crippen LogP contribution in [0.1, 0.15) is 42.6 Å². The van der Waals surface area contributed by atoms with E-state index in [1.165, 1.54) is 35.7 Å². The number of carbonyl (C=O) groups excluding carboxylic acids is 1. The molecule has 31 heavy (non-hydrogen) atoms. The van der Waals surface area contributed by atoms with Crippen molar-refractivity contribution < 1.29 is 17.7 Å². The Hall–Kier alpha value is -3.04. The van der Waals surface area contributed by atoms with Gasteiger partial charge in [0.2, 0.25) is 21.7 Å². The van der Waals surface area contributed by atoms with Crippen LogP contribution in [0, 0.1) is 0 Å². The van der Waals surface area contributed by atoms with Gasteiger partial charge in [-0.2, -0.15) is 4.98 Å². The first-order chi connectivity index (χ1) is 14.5. The summed E-state index contributed by atoms with van der Waals surface area (Å²) in [5.74, 6) is 0.366. The third-order valence-corrected chi connectivity index (χ3v) is 6.27. The summed E-state index contributed by atoms with van der Waals surface area (Å²) in [7, 11) is -0.734. The maximum Gasteiger partial charge on any atom is 0.254 e. The van der Waals surface area contributed by atoms with Crippen molar-refractivity contribution in [3.05, 3.63) is 65.5 Å². The number of amides is 1. The molecule has 2 aromatic carbocycles. The number of hydrogen-bond acceptors (Lipinski definition) is 6. The first kappa shape index (κ1) is 22.6. The van der Waals surface area contributed by atoms with E-state index in [1.54, 1.807) is 13.1 Å². The maximum absolute atomic E-state index is 12.7. The van der Waals surface area contributed by atoms with Gasteiger partial charge in [-0.3, -0.25) is 4.79 Å². The number of aromatic nitrogens is 2. The zero-order chi connectivity index (χ0) is 22.8. The molecule has 0 aliphatic rings. The van der Waals surface area contributed by atoms with Gasteiger partial charge >= 0.3 is 0 Å². The highest BCUT2D eigenvalue weighted by atomic mass is 32.2. The molecule has 0 radical (unpaired) electrons. The standard InChI is InChI=1S/C22H26N4O4S/c1-22(2,3)17-11-9-15(10-12-17)20-24-19(30-25-20)14-26(5)21(27)16-7-6-8-18(13-16)31(28,29)23-4/h6-13,23H,14H2,1-5H3. The van der Waals surface area contributed by atoms with Crippen LogP contribution in [-0.2, 0) is 22.0 Å². The van der Waals surface area contributed by atoms with Gasteiger partial charge in [0.05, 0.1) is 11.4 Å². The second-order valence-corrected chi connectivity index (χ2v) is 10.1. The highest BCUT2D eigenvalue weighted by Crippen LogP contribution is 2.25. The fourth-order valence-corrected chi connectivity index (χ4v) is 3.74. The molecule has 0 saturated carbocycles. The van der Waals surface area contributed by atoms with Gasteiger partial charge in [0, 0.05) is 18.2 Å². The lowest BCUT2D eigenvalue weighted by atomic mass is 9.87. The van der Waals surface area contributed by atoms with Gasteiger partial charge in [-0.05, 0) is 36.2 Å². The Balaban J connectivity index is 1.73. The Kier molecular flexibility index (Phi) is 6.28. The lowest BCUT2D eigenvalue weighted by Crippen LogP contribution is -2.27. The highest BCUT2D eigenvalue weighted by Gasteiger charge is 2.19. The van der Waals surface area contributed by atoms with Crippen LogP contribution < -0.4 is 4.72 Å². The quantitative estimate of drug-likeness (QED) is 0.628. The predicted molar refractivity (Wildman–Crippen MR) is 117 cm³/mol. The predicted octanol–water partition coefficient (Wildman–Crippen LogP) is 3.21. The van der Waals surface area contributed by atoms with Gasteiger partial charge in [0.25, 0.3) is 5.91 Å². The Morgan fingerprint density at radius 3 is 2.42 bits per heavy atom. The van der Waals surface area contributed by atoms with Crippen LogP contribution in [0.3, 0.4) is 0 Å². The number of nitrogens with zero attached hydrogens (tertiary/aromatic N) is 3. The number of benzene rings is 2. The van der Waals surface area contributed by atoms with Crippen molar-refractivity contribution in [2.24, 2.45) is 0 Å². The number of rotatable bonds is 6. The molecular weight excluding hydrogens is 416 g/mol. The van der Waals surface area contributed by atoms with E-state index in [0.29, 0.717) is 5.82 Å². The number of carbonyl (C=O) groups is 1. The van der Waals surface area contributed by atoms with E-state index in [1.807, 2.05) is 24.3 Å². The summed E-state index contributed by atoms with van der Waals surface area (Å²) in [4.78, 5) is 18.5. The van der Waals surface area contributed by atoms with Crippen molar-refractivity contribution in [3.63, 3.8) is 0 Å². The van der Waals surface area contributed by atoms with Gasteiger partial charge in [-0.1, -0.05) is 56.3 Å². The number of hydrogen-bond donors (Lipinski definition) is 1. The van der Waals surface area contributed by atoms with Crippen LogP contribution in [0.25, 0.3) is 11.4 Å². The van der Waals surface area contributed by atoms with Crippen molar-refractivity contribution in [1.29, 1.82) is 0 Å². The summed E-state index contributed by atoms with van der Waals surface area (Å²) in [6.07, 6.45) is 0. The van der Waals surface area contributed by atoms with Gasteiger partial charge in [-0.25, -0.2) is 13.1 Å². The molecule has 0 aliphatic heterocycles. The zero-order valence-corrected chi connectivity index (χ0v) is 19.0. The summed E-state index contributed by atoms with van der Waals surface area (Å²) in [5.41, 5.74) is 2.32. The van der Waals surface area contributed by atoms with Crippen LogP contribution >= 0.6 is 0 Å². The second kappa shape index (κ2) is 8.60. The third kappa shape index (κ3) is 5.18. The molecule has 9 heteroatoms. The topological polar surface area (TPSA) is 105 Å². The molecule has 3 aromatic rings. The smallest absolute Gasteiger partial charge is 0.254 e. The molecule has 8 nitrogen and oxygen atoms in total. The zero-order valence-electron chi connectivity index (χ0n) is 18.2.